The third kappa shape index (κ3) is 7.61. The van der Waals surface area contributed by atoms with Gasteiger partial charge in [-0.3, -0.25) is 9.97 Å². The van der Waals surface area contributed by atoms with E-state index in [2.05, 4.69) is 26.7 Å². The quantitative estimate of drug-likeness (QED) is 0.849. The normalized spacial score (nSPS) is 9.70. The molecule has 2 aromatic heterocycles. The van der Waals surface area contributed by atoms with Crippen LogP contribution in [0, 0.1) is 0 Å². The van der Waals surface area contributed by atoms with E-state index in [0.29, 0.717) is 0 Å². The minimum Gasteiger partial charge on any atom is -0.319 e. The van der Waals surface area contributed by atoms with Crippen LogP contribution in [-0.4, -0.2) is 37.2 Å². The zero-order chi connectivity index (χ0) is 14.5. The number of hydrogen-bond acceptors (Lipinski definition) is 4. The van der Waals surface area contributed by atoms with Crippen LogP contribution < -0.4 is 10.6 Å². The van der Waals surface area contributed by atoms with Crippen LogP contribution in [0.2, 0.25) is 0 Å². The van der Waals surface area contributed by atoms with Gasteiger partial charge in [0.1, 0.15) is 0 Å². The van der Waals surface area contributed by atoms with Crippen LogP contribution in [0.5, 0.6) is 0 Å². The number of rotatable bonds is 6. The first kappa shape index (κ1) is 16.3. The molecule has 0 aromatic carbocycles. The molecule has 20 heavy (non-hydrogen) atoms. The highest BCUT2D eigenvalue weighted by Crippen LogP contribution is 1.95. The number of hydrogen-bond donors (Lipinski definition) is 2. The highest BCUT2D eigenvalue weighted by atomic mass is 14.8. The van der Waals surface area contributed by atoms with E-state index in [9.17, 15) is 0 Å². The average Bonchev–Trinajstić information content (AvgIpc) is 2.53. The van der Waals surface area contributed by atoms with Gasteiger partial charge in [0, 0.05) is 27.6 Å². The third-order valence-corrected chi connectivity index (χ3v) is 2.80. The topological polar surface area (TPSA) is 49.8 Å². The van der Waals surface area contributed by atoms with Gasteiger partial charge in [-0.25, -0.2) is 0 Å². The Kier molecular flexibility index (Phi) is 9.02. The summed E-state index contributed by atoms with van der Waals surface area (Å²) in [6.45, 7) is 2.05. The van der Waals surface area contributed by atoms with E-state index >= 15 is 0 Å². The fourth-order valence-corrected chi connectivity index (χ4v) is 1.63. The number of likely N-dealkylation sites (N-methyl/N-ethyl adjacent to an activating group) is 2. The summed E-state index contributed by atoms with van der Waals surface area (Å²) in [5.41, 5.74) is 2.63. The second kappa shape index (κ2) is 11.1. The summed E-state index contributed by atoms with van der Waals surface area (Å²) in [5.74, 6) is 0. The Bertz CT molecular complexity index is 397. The van der Waals surface area contributed by atoms with Gasteiger partial charge >= 0.3 is 0 Å². The first-order valence-corrected chi connectivity index (χ1v) is 6.94. The van der Waals surface area contributed by atoms with Gasteiger partial charge in [0.05, 0.1) is 0 Å². The summed E-state index contributed by atoms with van der Waals surface area (Å²) >= 11 is 0. The summed E-state index contributed by atoms with van der Waals surface area (Å²) < 4.78 is 0. The number of nitrogens with one attached hydrogen (secondary N) is 2. The SMILES string of the molecule is CNCCc1cccnc1.CNCCc1ccncc1.[HH].[HH]. The second-order valence-electron chi connectivity index (χ2n) is 4.42. The molecule has 2 heterocycles. The molecule has 0 bridgehead atoms. The van der Waals surface area contributed by atoms with Gasteiger partial charge < -0.3 is 10.6 Å². The van der Waals surface area contributed by atoms with Crippen LogP contribution >= 0.6 is 0 Å². The lowest BCUT2D eigenvalue weighted by molar-refractivity contribution is 0.789. The maximum Gasteiger partial charge on any atom is 0.0300 e. The maximum absolute atomic E-state index is 4.01. The third-order valence-electron chi connectivity index (χ3n) is 2.80. The van der Waals surface area contributed by atoms with Gasteiger partial charge in [-0.05, 0) is 69.4 Å². The zero-order valence-electron chi connectivity index (χ0n) is 12.3. The smallest absolute Gasteiger partial charge is 0.0300 e. The van der Waals surface area contributed by atoms with Gasteiger partial charge in [0.25, 0.3) is 0 Å². The molecule has 2 aromatic rings. The van der Waals surface area contributed by atoms with Crippen LogP contribution in [0.4, 0.5) is 0 Å². The number of nitrogens with zero attached hydrogens (tertiary/aromatic N) is 2. The molecule has 0 fully saturated rings. The Morgan fingerprint density at radius 1 is 0.850 bits per heavy atom. The van der Waals surface area contributed by atoms with Crippen molar-refractivity contribution in [3.8, 4) is 0 Å². The van der Waals surface area contributed by atoms with Crippen molar-refractivity contribution in [1.82, 2.24) is 20.6 Å². The molecule has 0 aliphatic rings. The zero-order valence-corrected chi connectivity index (χ0v) is 12.3. The van der Waals surface area contributed by atoms with Crippen molar-refractivity contribution in [2.45, 2.75) is 12.8 Å². The van der Waals surface area contributed by atoms with E-state index in [-0.39, 0.29) is 2.85 Å². The number of aromatic nitrogens is 2. The van der Waals surface area contributed by atoms with Crippen LogP contribution in [0.1, 0.15) is 14.0 Å². The molecule has 0 amide bonds. The van der Waals surface area contributed by atoms with Crippen molar-refractivity contribution < 1.29 is 2.85 Å². The predicted molar refractivity (Wildman–Crippen MR) is 88.0 cm³/mol. The Morgan fingerprint density at radius 3 is 2.05 bits per heavy atom. The van der Waals surface area contributed by atoms with Crippen molar-refractivity contribution >= 4 is 0 Å². The Balaban J connectivity index is 0. The van der Waals surface area contributed by atoms with E-state index < -0.39 is 0 Å². The molecule has 2 rings (SSSR count). The van der Waals surface area contributed by atoms with Crippen molar-refractivity contribution in [2.24, 2.45) is 0 Å². The second-order valence-corrected chi connectivity index (χ2v) is 4.42. The highest BCUT2D eigenvalue weighted by molar-refractivity contribution is 5.09. The molecule has 4 heteroatoms. The lowest BCUT2D eigenvalue weighted by Crippen LogP contribution is -2.10. The molecule has 0 atom stereocenters. The Morgan fingerprint density at radius 2 is 1.50 bits per heavy atom. The molecule has 0 saturated heterocycles. The Labute approximate surface area is 124 Å². The van der Waals surface area contributed by atoms with Crippen LogP contribution in [0.25, 0.3) is 0 Å². The average molecular weight is 276 g/mol. The highest BCUT2D eigenvalue weighted by Gasteiger charge is 1.88. The molecule has 112 valence electrons. The summed E-state index contributed by atoms with van der Waals surface area (Å²) in [4.78, 5) is 7.94. The number of pyridine rings is 2. The minimum absolute atomic E-state index is 0. The molecule has 0 saturated carbocycles. The summed E-state index contributed by atoms with van der Waals surface area (Å²) in [6, 6.07) is 8.13. The minimum atomic E-state index is 0. The molecule has 0 aliphatic carbocycles. The van der Waals surface area contributed by atoms with E-state index in [1.165, 1.54) is 11.1 Å². The van der Waals surface area contributed by atoms with Crippen LogP contribution in [0.3, 0.4) is 0 Å². The first-order chi connectivity index (χ1) is 9.86. The Hall–Kier alpha value is -1.78. The maximum atomic E-state index is 4.01. The molecule has 0 spiro atoms. The van der Waals surface area contributed by atoms with Crippen molar-refractivity contribution in [3.05, 3.63) is 60.2 Å². The fourth-order valence-electron chi connectivity index (χ4n) is 1.63. The standard InChI is InChI=1S/2C8H12N2.2H2/c1-9-5-2-8-3-6-10-7-4-8;1-9-6-4-8-3-2-5-10-7-8;;/h3-4,6-7,9H,2,5H2,1H3;2-3,5,7,9H,4,6H2,1H3;2*1H. The molecule has 0 unspecified atom stereocenters. The van der Waals surface area contributed by atoms with E-state index in [0.717, 1.165) is 25.9 Å². The summed E-state index contributed by atoms with van der Waals surface area (Å²) in [5, 5.41) is 6.18. The van der Waals surface area contributed by atoms with Gasteiger partial charge in [0.15, 0.2) is 0 Å². The van der Waals surface area contributed by atoms with E-state index in [1.54, 1.807) is 6.20 Å². The van der Waals surface area contributed by atoms with Crippen molar-refractivity contribution in [1.29, 1.82) is 0 Å². The summed E-state index contributed by atoms with van der Waals surface area (Å²) in [6.07, 6.45) is 9.49. The lowest BCUT2D eigenvalue weighted by Gasteiger charge is -1.97. The fraction of sp³-hybridized carbons (Fsp3) is 0.375. The largest absolute Gasteiger partial charge is 0.319 e. The van der Waals surface area contributed by atoms with E-state index in [1.807, 2.05) is 50.9 Å². The molecule has 0 aliphatic heterocycles. The van der Waals surface area contributed by atoms with Gasteiger partial charge in [-0.15, -0.1) is 0 Å². The molecular formula is C16H28N4. The monoisotopic (exact) mass is 276 g/mol. The first-order valence-electron chi connectivity index (χ1n) is 6.94. The lowest BCUT2D eigenvalue weighted by atomic mass is 10.2. The van der Waals surface area contributed by atoms with Crippen LogP contribution in [0.15, 0.2) is 49.1 Å². The predicted octanol–water partition coefficient (Wildman–Crippen LogP) is 2.18. The summed E-state index contributed by atoms with van der Waals surface area (Å²) in [7, 11) is 3.91. The van der Waals surface area contributed by atoms with Gasteiger partial charge in [0.2, 0.25) is 0 Å². The molecule has 4 nitrogen and oxygen atoms in total. The van der Waals surface area contributed by atoms with Gasteiger partial charge in [-0.1, -0.05) is 6.07 Å². The van der Waals surface area contributed by atoms with Crippen molar-refractivity contribution in [2.75, 3.05) is 27.2 Å². The molecule has 2 N–H and O–H groups in total. The van der Waals surface area contributed by atoms with Crippen LogP contribution in [-0.2, 0) is 12.8 Å². The van der Waals surface area contributed by atoms with E-state index in [4.69, 9.17) is 0 Å². The molecular weight excluding hydrogens is 248 g/mol. The molecule has 0 radical (unpaired) electrons. The van der Waals surface area contributed by atoms with Gasteiger partial charge in [-0.2, -0.15) is 0 Å². The van der Waals surface area contributed by atoms with Crippen molar-refractivity contribution in [3.63, 3.8) is 0 Å².